The van der Waals surface area contributed by atoms with Crippen LogP contribution in [-0.2, 0) is 9.53 Å². The van der Waals surface area contributed by atoms with E-state index in [-0.39, 0.29) is 23.6 Å². The predicted molar refractivity (Wildman–Crippen MR) is 96.8 cm³/mol. The Balaban J connectivity index is 1.99. The molecule has 0 heterocycles. The van der Waals surface area contributed by atoms with Crippen molar-refractivity contribution in [1.29, 1.82) is 0 Å². The van der Waals surface area contributed by atoms with Crippen molar-refractivity contribution in [2.24, 2.45) is 10.3 Å². The second-order valence-corrected chi connectivity index (χ2v) is 5.30. The lowest BCUT2D eigenvalue weighted by molar-refractivity contribution is -0.117. The molecule has 0 aromatic heterocycles. The molecule has 1 amide bonds. The van der Waals surface area contributed by atoms with Gasteiger partial charge in [-0.2, -0.15) is 0 Å². The van der Waals surface area contributed by atoms with Crippen molar-refractivity contribution >= 4 is 23.6 Å². The summed E-state index contributed by atoms with van der Waals surface area (Å²) in [6.07, 6.45) is 1.73. The largest absolute Gasteiger partial charge is 0.507 e. The van der Waals surface area contributed by atoms with Crippen LogP contribution in [0.2, 0.25) is 0 Å². The Hall–Kier alpha value is -3.48. The number of nitrogens with zero attached hydrogens (tertiary/aromatic N) is 2. The van der Waals surface area contributed by atoms with Gasteiger partial charge in [0.25, 0.3) is 5.91 Å². The van der Waals surface area contributed by atoms with Crippen molar-refractivity contribution in [1.82, 2.24) is 5.43 Å². The molecular formula is C19H19N3O4. The minimum absolute atomic E-state index is 0.0384. The van der Waals surface area contributed by atoms with Crippen LogP contribution in [0.4, 0.5) is 5.69 Å². The first-order valence-electron chi connectivity index (χ1n) is 7.96. The molecule has 7 nitrogen and oxygen atoms in total. The van der Waals surface area contributed by atoms with E-state index in [4.69, 9.17) is 4.74 Å². The van der Waals surface area contributed by atoms with Gasteiger partial charge in [-0.15, -0.1) is 5.11 Å². The van der Waals surface area contributed by atoms with Gasteiger partial charge in [0, 0.05) is 11.6 Å². The summed E-state index contributed by atoms with van der Waals surface area (Å²) in [5.41, 5.74) is 3.99. The van der Waals surface area contributed by atoms with E-state index in [2.05, 4.69) is 15.8 Å². The molecule has 7 heteroatoms. The lowest BCUT2D eigenvalue weighted by Crippen LogP contribution is -2.17. The number of esters is 1. The van der Waals surface area contributed by atoms with Gasteiger partial charge in [0.1, 0.15) is 11.3 Å². The number of rotatable bonds is 6. The maximum atomic E-state index is 12.0. The molecule has 2 aromatic carbocycles. The predicted octanol–water partition coefficient (Wildman–Crippen LogP) is 3.79. The topological polar surface area (TPSA) is 100 Å². The van der Waals surface area contributed by atoms with Gasteiger partial charge >= 0.3 is 5.97 Å². The zero-order valence-electron chi connectivity index (χ0n) is 14.5. The molecule has 2 N–H and O–H groups in total. The fourth-order valence-electron chi connectivity index (χ4n) is 2.04. The molecule has 0 radical (unpaired) electrons. The van der Waals surface area contributed by atoms with E-state index in [1.165, 1.54) is 18.2 Å². The summed E-state index contributed by atoms with van der Waals surface area (Å²) in [6.45, 7) is 3.55. The summed E-state index contributed by atoms with van der Waals surface area (Å²) < 4.78 is 4.82. The van der Waals surface area contributed by atoms with Crippen LogP contribution in [0.3, 0.4) is 0 Å². The number of aromatic hydroxyl groups is 1. The van der Waals surface area contributed by atoms with Crippen molar-refractivity contribution in [3.8, 4) is 5.75 Å². The van der Waals surface area contributed by atoms with Crippen molar-refractivity contribution in [3.05, 3.63) is 65.2 Å². The summed E-state index contributed by atoms with van der Waals surface area (Å²) in [5, 5.41) is 17.3. The van der Waals surface area contributed by atoms with Crippen molar-refractivity contribution in [2.75, 3.05) is 6.61 Å². The number of amides is 1. The minimum atomic E-state index is -0.622. The van der Waals surface area contributed by atoms with E-state index in [0.29, 0.717) is 5.57 Å². The second kappa shape index (κ2) is 9.12. The first kappa shape index (κ1) is 18.9. The molecule has 26 heavy (non-hydrogen) atoms. The highest BCUT2D eigenvalue weighted by Crippen LogP contribution is 2.24. The molecule has 2 rings (SSSR count). The Morgan fingerprint density at radius 2 is 1.92 bits per heavy atom. The third-order valence-corrected chi connectivity index (χ3v) is 3.33. The number of phenolic OH excluding ortho intramolecular Hbond substituents is 1. The van der Waals surface area contributed by atoms with Gasteiger partial charge in [-0.05, 0) is 37.6 Å². The van der Waals surface area contributed by atoms with E-state index >= 15 is 0 Å². The third-order valence-electron chi connectivity index (χ3n) is 3.33. The zero-order chi connectivity index (χ0) is 18.9. The van der Waals surface area contributed by atoms with Crippen LogP contribution in [0.25, 0.3) is 6.08 Å². The van der Waals surface area contributed by atoms with Crippen LogP contribution in [0.5, 0.6) is 5.75 Å². The molecule has 0 aliphatic carbocycles. The summed E-state index contributed by atoms with van der Waals surface area (Å²) in [5.74, 6) is -1.29. The first-order valence-corrected chi connectivity index (χ1v) is 7.96. The van der Waals surface area contributed by atoms with E-state index < -0.39 is 11.9 Å². The van der Waals surface area contributed by atoms with Gasteiger partial charge in [0.2, 0.25) is 0 Å². The highest BCUT2D eigenvalue weighted by Gasteiger charge is 2.12. The summed E-state index contributed by atoms with van der Waals surface area (Å²) in [4.78, 5) is 23.6. The number of ether oxygens (including phenoxy) is 1. The summed E-state index contributed by atoms with van der Waals surface area (Å²) in [6, 6.07) is 13.5. The zero-order valence-corrected chi connectivity index (χ0v) is 14.5. The fourth-order valence-corrected chi connectivity index (χ4v) is 2.04. The SMILES string of the molecule is CCOC(=O)c1ccc(N=NNC(=O)C(C)=Cc2ccccc2)cc1O. The maximum absolute atomic E-state index is 12.0. The molecule has 0 saturated heterocycles. The van der Waals surface area contributed by atoms with Crippen molar-refractivity contribution in [3.63, 3.8) is 0 Å². The number of carbonyl (C=O) groups is 2. The molecule has 0 fully saturated rings. The number of phenols is 1. The first-order chi connectivity index (χ1) is 12.5. The summed E-state index contributed by atoms with van der Waals surface area (Å²) in [7, 11) is 0. The normalized spacial score (nSPS) is 11.4. The standard InChI is InChI=1S/C19H19N3O4/c1-3-26-19(25)16-10-9-15(12-17(16)23)20-22-21-18(24)13(2)11-14-7-5-4-6-8-14/h4-12,23H,3H2,1-2H3,(H,20,21,24). The van der Waals surface area contributed by atoms with Gasteiger partial charge in [-0.1, -0.05) is 35.6 Å². The number of nitrogens with one attached hydrogen (secondary N) is 1. The average molecular weight is 353 g/mol. The highest BCUT2D eigenvalue weighted by atomic mass is 16.5. The highest BCUT2D eigenvalue weighted by molar-refractivity contribution is 5.97. The Morgan fingerprint density at radius 3 is 2.58 bits per heavy atom. The van der Waals surface area contributed by atoms with Crippen LogP contribution >= 0.6 is 0 Å². The fraction of sp³-hybridized carbons (Fsp3) is 0.158. The third kappa shape index (κ3) is 5.27. The van der Waals surface area contributed by atoms with Crippen LogP contribution in [-0.4, -0.2) is 23.6 Å². The molecule has 0 bridgehead atoms. The molecule has 134 valence electrons. The van der Waals surface area contributed by atoms with Crippen LogP contribution < -0.4 is 5.43 Å². The second-order valence-electron chi connectivity index (χ2n) is 5.30. The molecule has 0 unspecified atom stereocenters. The number of hydrogen-bond acceptors (Lipinski definition) is 6. The maximum Gasteiger partial charge on any atom is 0.341 e. The monoisotopic (exact) mass is 353 g/mol. The van der Waals surface area contributed by atoms with Gasteiger partial charge in [0.05, 0.1) is 12.3 Å². The van der Waals surface area contributed by atoms with E-state index in [1.807, 2.05) is 30.3 Å². The van der Waals surface area contributed by atoms with E-state index in [1.54, 1.807) is 19.9 Å². The van der Waals surface area contributed by atoms with Crippen LogP contribution in [0.1, 0.15) is 29.8 Å². The van der Waals surface area contributed by atoms with Crippen LogP contribution in [0, 0.1) is 0 Å². The molecule has 0 atom stereocenters. The Bertz CT molecular complexity index is 845. The Labute approximate surface area is 151 Å². The molecule has 0 aliphatic heterocycles. The molecule has 0 spiro atoms. The average Bonchev–Trinajstić information content (AvgIpc) is 2.62. The van der Waals surface area contributed by atoms with Gasteiger partial charge < -0.3 is 9.84 Å². The van der Waals surface area contributed by atoms with E-state index in [0.717, 1.165) is 5.56 Å². The minimum Gasteiger partial charge on any atom is -0.507 e. The summed E-state index contributed by atoms with van der Waals surface area (Å²) >= 11 is 0. The lowest BCUT2D eigenvalue weighted by atomic mass is 10.1. The van der Waals surface area contributed by atoms with Gasteiger partial charge in [-0.25, -0.2) is 10.2 Å². The smallest absolute Gasteiger partial charge is 0.341 e. The van der Waals surface area contributed by atoms with Gasteiger partial charge in [-0.3, -0.25) is 4.79 Å². The molecular weight excluding hydrogens is 334 g/mol. The lowest BCUT2D eigenvalue weighted by Gasteiger charge is -2.04. The number of benzene rings is 2. The molecule has 0 saturated carbocycles. The van der Waals surface area contributed by atoms with Crippen LogP contribution in [0.15, 0.2) is 64.4 Å². The number of hydrogen-bond donors (Lipinski definition) is 2. The quantitative estimate of drug-likeness (QED) is 0.357. The van der Waals surface area contributed by atoms with Crippen molar-refractivity contribution in [2.45, 2.75) is 13.8 Å². The Morgan fingerprint density at radius 1 is 1.19 bits per heavy atom. The number of carbonyl (C=O) groups excluding carboxylic acids is 2. The molecule has 0 aliphatic rings. The van der Waals surface area contributed by atoms with E-state index in [9.17, 15) is 14.7 Å². The Kier molecular flexibility index (Phi) is 6.61. The van der Waals surface area contributed by atoms with Gasteiger partial charge in [0.15, 0.2) is 0 Å². The molecule has 2 aromatic rings. The van der Waals surface area contributed by atoms with Crippen molar-refractivity contribution < 1.29 is 19.4 Å².